The molecule has 19 heavy (non-hydrogen) atoms. The lowest BCUT2D eigenvalue weighted by Gasteiger charge is -2.15. The summed E-state index contributed by atoms with van der Waals surface area (Å²) in [5, 5.41) is 10.6. The minimum atomic E-state index is -3.00. The molecular formula is C11H12N2O5S. The average molecular weight is 284 g/mol. The van der Waals surface area contributed by atoms with E-state index in [1.54, 1.807) is 35.0 Å². The topological polar surface area (TPSA) is 88.8 Å². The standard InChI is InChI=1S/C11H12N2O5S/c1-12(18-19(16)17)9-3-2-4-10-8(9)5-6-13(10)7-11(14)15/h2-6,19H,7H2,1H3,(H,14,15). The highest BCUT2D eigenvalue weighted by Crippen LogP contribution is 2.27. The van der Waals surface area contributed by atoms with Crippen molar-refractivity contribution < 1.29 is 22.6 Å². The molecule has 0 bridgehead atoms. The average Bonchev–Trinajstić information content (AvgIpc) is 2.70. The van der Waals surface area contributed by atoms with Crippen LogP contribution in [0, 0.1) is 0 Å². The van der Waals surface area contributed by atoms with E-state index in [1.807, 2.05) is 0 Å². The molecule has 102 valence electrons. The van der Waals surface area contributed by atoms with Crippen LogP contribution in [0.4, 0.5) is 5.69 Å². The number of hydrogen-bond acceptors (Lipinski definition) is 5. The van der Waals surface area contributed by atoms with E-state index in [0.29, 0.717) is 16.6 Å². The molecule has 1 N–H and O–H groups in total. The number of carbonyl (C=O) groups is 1. The summed E-state index contributed by atoms with van der Waals surface area (Å²) in [7, 11) is -1.53. The molecule has 0 saturated heterocycles. The Kier molecular flexibility index (Phi) is 3.72. The molecule has 0 radical (unpaired) electrons. The number of benzene rings is 1. The Morgan fingerprint density at radius 3 is 2.79 bits per heavy atom. The molecule has 2 aromatic rings. The number of anilines is 1. The van der Waals surface area contributed by atoms with Crippen LogP contribution in [-0.2, 0) is 26.6 Å². The molecule has 1 heterocycles. The molecular weight excluding hydrogens is 272 g/mol. The summed E-state index contributed by atoms with van der Waals surface area (Å²) in [5.74, 6) is -0.949. The third-order valence-electron chi connectivity index (χ3n) is 2.62. The highest BCUT2D eigenvalue weighted by Gasteiger charge is 2.11. The summed E-state index contributed by atoms with van der Waals surface area (Å²) in [6, 6.07) is 6.86. The van der Waals surface area contributed by atoms with Crippen LogP contribution < -0.4 is 5.06 Å². The van der Waals surface area contributed by atoms with Gasteiger partial charge in [0.1, 0.15) is 6.54 Å². The highest BCUT2D eigenvalue weighted by atomic mass is 32.2. The van der Waals surface area contributed by atoms with Gasteiger partial charge >= 0.3 is 5.97 Å². The monoisotopic (exact) mass is 284 g/mol. The van der Waals surface area contributed by atoms with Crippen molar-refractivity contribution in [2.24, 2.45) is 0 Å². The lowest BCUT2D eigenvalue weighted by Crippen LogP contribution is -2.16. The summed E-state index contributed by atoms with van der Waals surface area (Å²) in [6.45, 7) is -0.159. The van der Waals surface area contributed by atoms with Gasteiger partial charge in [-0.05, 0) is 18.2 Å². The molecule has 7 nitrogen and oxygen atoms in total. The van der Waals surface area contributed by atoms with E-state index in [4.69, 9.17) is 5.11 Å². The normalized spacial score (nSPS) is 11.1. The molecule has 8 heteroatoms. The zero-order valence-electron chi connectivity index (χ0n) is 10.0. The summed E-state index contributed by atoms with van der Waals surface area (Å²) < 4.78 is 27.3. The van der Waals surface area contributed by atoms with E-state index in [9.17, 15) is 13.2 Å². The molecule has 0 aliphatic heterocycles. The van der Waals surface area contributed by atoms with Crippen LogP contribution in [0.25, 0.3) is 10.9 Å². The number of hydroxylamine groups is 1. The van der Waals surface area contributed by atoms with Gasteiger partial charge in [0, 0.05) is 18.6 Å². The predicted octanol–water partition coefficient (Wildman–Crippen LogP) is 0.620. The molecule has 2 rings (SSSR count). The number of thiol groups is 1. The quantitative estimate of drug-likeness (QED) is 0.618. The minimum absolute atomic E-state index is 0.159. The second-order valence-corrected chi connectivity index (χ2v) is 4.46. The first-order valence-electron chi connectivity index (χ1n) is 5.35. The van der Waals surface area contributed by atoms with Gasteiger partial charge in [0.05, 0.1) is 11.2 Å². The largest absolute Gasteiger partial charge is 0.480 e. The second-order valence-electron chi connectivity index (χ2n) is 3.85. The zero-order valence-corrected chi connectivity index (χ0v) is 10.9. The first-order valence-corrected chi connectivity index (χ1v) is 6.44. The fourth-order valence-corrected chi connectivity index (χ4v) is 2.20. The maximum Gasteiger partial charge on any atom is 0.323 e. The van der Waals surface area contributed by atoms with Crippen molar-refractivity contribution in [1.29, 1.82) is 0 Å². The Morgan fingerprint density at radius 1 is 1.42 bits per heavy atom. The van der Waals surface area contributed by atoms with Crippen molar-refractivity contribution in [2.45, 2.75) is 6.54 Å². The van der Waals surface area contributed by atoms with Gasteiger partial charge in [-0.2, -0.15) is 4.28 Å². The van der Waals surface area contributed by atoms with Crippen molar-refractivity contribution in [2.75, 3.05) is 12.1 Å². The van der Waals surface area contributed by atoms with Crippen LogP contribution in [0.2, 0.25) is 0 Å². The molecule has 1 aromatic carbocycles. The van der Waals surface area contributed by atoms with E-state index in [0.717, 1.165) is 5.06 Å². The lowest BCUT2D eigenvalue weighted by atomic mass is 10.2. The van der Waals surface area contributed by atoms with Crippen molar-refractivity contribution in [3.8, 4) is 0 Å². The van der Waals surface area contributed by atoms with Gasteiger partial charge < -0.3 is 9.67 Å². The second kappa shape index (κ2) is 5.29. The Bertz CT molecular complexity index is 683. The number of fused-ring (bicyclic) bond motifs is 1. The van der Waals surface area contributed by atoms with Gasteiger partial charge in [-0.3, -0.25) is 4.79 Å². The first kappa shape index (κ1) is 13.4. The van der Waals surface area contributed by atoms with E-state index in [-0.39, 0.29) is 6.54 Å². The van der Waals surface area contributed by atoms with Crippen molar-refractivity contribution >= 4 is 33.5 Å². The molecule has 0 unspecified atom stereocenters. The van der Waals surface area contributed by atoms with Crippen molar-refractivity contribution in [3.63, 3.8) is 0 Å². The number of rotatable bonds is 5. The van der Waals surface area contributed by atoms with Gasteiger partial charge in [-0.25, -0.2) is 13.5 Å². The number of aliphatic carboxylic acids is 1. The smallest absolute Gasteiger partial charge is 0.323 e. The molecule has 0 saturated carbocycles. The third kappa shape index (κ3) is 2.85. The van der Waals surface area contributed by atoms with Gasteiger partial charge in [0.15, 0.2) is 0 Å². The van der Waals surface area contributed by atoms with Crippen molar-refractivity contribution in [3.05, 3.63) is 30.5 Å². The van der Waals surface area contributed by atoms with Crippen LogP contribution in [0.3, 0.4) is 0 Å². The Balaban J connectivity index is 2.46. The van der Waals surface area contributed by atoms with Crippen LogP contribution in [0.1, 0.15) is 0 Å². The number of carboxylic acid groups (broad SMARTS) is 1. The summed E-state index contributed by atoms with van der Waals surface area (Å²) in [4.78, 5) is 10.7. The van der Waals surface area contributed by atoms with Crippen molar-refractivity contribution in [1.82, 2.24) is 4.57 Å². The minimum Gasteiger partial charge on any atom is -0.480 e. The fourth-order valence-electron chi connectivity index (χ4n) is 1.91. The predicted molar refractivity (Wildman–Crippen MR) is 69.4 cm³/mol. The summed E-state index contributed by atoms with van der Waals surface area (Å²) >= 11 is 0. The molecule has 0 fully saturated rings. The van der Waals surface area contributed by atoms with Crippen LogP contribution in [0.15, 0.2) is 30.5 Å². The molecule has 0 spiro atoms. The third-order valence-corrected chi connectivity index (χ3v) is 3.00. The Morgan fingerprint density at radius 2 is 2.16 bits per heavy atom. The van der Waals surface area contributed by atoms with Gasteiger partial charge in [0.25, 0.3) is 11.0 Å². The van der Waals surface area contributed by atoms with E-state index in [1.165, 1.54) is 7.05 Å². The fraction of sp³-hybridized carbons (Fsp3) is 0.182. The summed E-state index contributed by atoms with van der Waals surface area (Å²) in [6.07, 6.45) is 1.63. The molecule has 0 atom stereocenters. The van der Waals surface area contributed by atoms with Crippen LogP contribution in [0.5, 0.6) is 0 Å². The maximum absolute atomic E-state index is 10.7. The number of hydrogen-bond donors (Lipinski definition) is 2. The Labute approximate surface area is 110 Å². The maximum atomic E-state index is 10.7. The SMILES string of the molecule is CN(O[SH](=O)=O)c1cccc2c1ccn2CC(=O)O. The van der Waals surface area contributed by atoms with E-state index < -0.39 is 17.0 Å². The lowest BCUT2D eigenvalue weighted by molar-refractivity contribution is -0.137. The summed E-state index contributed by atoms with van der Waals surface area (Å²) in [5.41, 5.74) is 1.23. The van der Waals surface area contributed by atoms with Crippen LogP contribution >= 0.6 is 0 Å². The van der Waals surface area contributed by atoms with Crippen LogP contribution in [-0.4, -0.2) is 31.1 Å². The number of carboxylic acids is 1. The Hall–Kier alpha value is -2.06. The molecule has 0 amide bonds. The van der Waals surface area contributed by atoms with Gasteiger partial charge in [0.2, 0.25) is 0 Å². The molecule has 0 aliphatic carbocycles. The molecule has 1 aromatic heterocycles. The highest BCUT2D eigenvalue weighted by molar-refractivity contribution is 7.67. The molecule has 0 aliphatic rings. The number of nitrogens with zero attached hydrogens (tertiary/aromatic N) is 2. The van der Waals surface area contributed by atoms with Gasteiger partial charge in [-0.15, -0.1) is 0 Å². The number of aromatic nitrogens is 1. The van der Waals surface area contributed by atoms with E-state index in [2.05, 4.69) is 4.28 Å². The zero-order chi connectivity index (χ0) is 14.0. The van der Waals surface area contributed by atoms with E-state index >= 15 is 0 Å². The first-order chi connectivity index (χ1) is 8.99. The van der Waals surface area contributed by atoms with Gasteiger partial charge in [-0.1, -0.05) is 6.07 Å².